The maximum Gasteiger partial charge on any atom is 0.232 e. The van der Waals surface area contributed by atoms with E-state index in [-0.39, 0.29) is 18.1 Å². The Morgan fingerprint density at radius 2 is 1.89 bits per heavy atom. The average Bonchev–Trinajstić information content (AvgIpc) is 2.69. The van der Waals surface area contributed by atoms with Gasteiger partial charge in [0, 0.05) is 31.9 Å². The van der Waals surface area contributed by atoms with E-state index in [9.17, 15) is 13.2 Å². The second kappa shape index (κ2) is 8.74. The van der Waals surface area contributed by atoms with E-state index in [0.717, 1.165) is 11.4 Å². The summed E-state index contributed by atoms with van der Waals surface area (Å²) in [5.41, 5.74) is 1.24. The first-order valence-corrected chi connectivity index (χ1v) is 11.0. The molecule has 0 saturated carbocycles. The van der Waals surface area contributed by atoms with E-state index in [4.69, 9.17) is 11.6 Å². The number of hydrogen-bond donors (Lipinski definition) is 1. The maximum absolute atomic E-state index is 12.6. The first kappa shape index (κ1) is 20.3. The quantitative estimate of drug-likeness (QED) is 0.760. The minimum Gasteiger partial charge on any atom is -0.352 e. The number of hydrogen-bond acceptors (Lipinski definition) is 6. The van der Waals surface area contributed by atoms with Gasteiger partial charge < -0.3 is 9.80 Å². The highest BCUT2D eigenvalue weighted by molar-refractivity contribution is 7.92. The summed E-state index contributed by atoms with van der Waals surface area (Å²) in [6.07, 6.45) is 0.225. The van der Waals surface area contributed by atoms with Gasteiger partial charge in [-0.15, -0.1) is 10.2 Å². The smallest absolute Gasteiger partial charge is 0.232 e. The number of nitrogens with zero attached hydrogens (tertiary/aromatic N) is 4. The van der Waals surface area contributed by atoms with Crippen LogP contribution in [0.2, 0.25) is 5.15 Å². The number of benzene rings is 1. The van der Waals surface area contributed by atoms with Crippen molar-refractivity contribution in [1.29, 1.82) is 0 Å². The molecule has 0 bridgehead atoms. The number of carbonyl (C=O) groups excluding carboxylic acids is 1. The number of sulfonamides is 1. The van der Waals surface area contributed by atoms with Gasteiger partial charge in [-0.05, 0) is 36.8 Å². The van der Waals surface area contributed by atoms with E-state index in [1.54, 1.807) is 31.2 Å². The van der Waals surface area contributed by atoms with Gasteiger partial charge in [0.2, 0.25) is 15.9 Å². The van der Waals surface area contributed by atoms with Crippen LogP contribution < -0.4 is 9.62 Å². The Balaban J connectivity index is 1.56. The van der Waals surface area contributed by atoms with Gasteiger partial charge in [-0.25, -0.2) is 8.42 Å². The van der Waals surface area contributed by atoms with Crippen LogP contribution in [0, 0.1) is 0 Å². The van der Waals surface area contributed by atoms with E-state index in [2.05, 4.69) is 19.8 Å². The zero-order chi connectivity index (χ0) is 20.1. The molecule has 0 unspecified atom stereocenters. The van der Waals surface area contributed by atoms with Crippen molar-refractivity contribution in [2.45, 2.75) is 13.3 Å². The zero-order valence-electron chi connectivity index (χ0n) is 15.5. The van der Waals surface area contributed by atoms with Gasteiger partial charge in [0.25, 0.3) is 0 Å². The van der Waals surface area contributed by atoms with Crippen LogP contribution in [-0.4, -0.2) is 61.4 Å². The Morgan fingerprint density at radius 1 is 1.14 bits per heavy atom. The van der Waals surface area contributed by atoms with Crippen molar-refractivity contribution >= 4 is 39.0 Å². The Labute approximate surface area is 169 Å². The fourth-order valence-electron chi connectivity index (χ4n) is 2.95. The molecule has 0 spiro atoms. The van der Waals surface area contributed by atoms with Crippen LogP contribution in [0.3, 0.4) is 0 Å². The lowest BCUT2D eigenvalue weighted by Gasteiger charge is -2.35. The van der Waals surface area contributed by atoms with Crippen LogP contribution in [0.25, 0.3) is 0 Å². The molecule has 28 heavy (non-hydrogen) atoms. The van der Waals surface area contributed by atoms with E-state index < -0.39 is 10.0 Å². The van der Waals surface area contributed by atoms with Gasteiger partial charge in [-0.2, -0.15) is 0 Å². The van der Waals surface area contributed by atoms with Crippen LogP contribution in [0.4, 0.5) is 11.5 Å². The van der Waals surface area contributed by atoms with Crippen LogP contribution in [0.15, 0.2) is 36.4 Å². The van der Waals surface area contributed by atoms with E-state index in [1.807, 2.05) is 17.0 Å². The monoisotopic (exact) mass is 423 g/mol. The molecule has 2 aromatic rings. The molecule has 10 heteroatoms. The van der Waals surface area contributed by atoms with Gasteiger partial charge in [0.05, 0.1) is 12.2 Å². The lowest BCUT2D eigenvalue weighted by Crippen LogP contribution is -2.49. The van der Waals surface area contributed by atoms with Crippen LogP contribution in [0.5, 0.6) is 0 Å². The predicted molar refractivity (Wildman–Crippen MR) is 109 cm³/mol. The second-order valence-electron chi connectivity index (χ2n) is 6.46. The lowest BCUT2D eigenvalue weighted by atomic mass is 10.1. The Morgan fingerprint density at radius 3 is 2.54 bits per heavy atom. The number of nitrogens with one attached hydrogen (secondary N) is 1. The summed E-state index contributed by atoms with van der Waals surface area (Å²) in [6, 6.07) is 10.4. The van der Waals surface area contributed by atoms with Gasteiger partial charge in [0.1, 0.15) is 0 Å². The van der Waals surface area contributed by atoms with Crippen molar-refractivity contribution in [1.82, 2.24) is 15.1 Å². The average molecular weight is 424 g/mol. The molecule has 1 aliphatic rings. The first-order valence-electron chi connectivity index (χ1n) is 8.97. The number of halogens is 1. The molecular formula is C18H22ClN5O3S. The van der Waals surface area contributed by atoms with Crippen LogP contribution in [0.1, 0.15) is 12.5 Å². The Hall–Kier alpha value is -2.39. The molecule has 1 N–H and O–H groups in total. The highest BCUT2D eigenvalue weighted by Gasteiger charge is 2.22. The number of rotatable bonds is 6. The minimum atomic E-state index is -3.34. The summed E-state index contributed by atoms with van der Waals surface area (Å²) in [5.74, 6) is 0.753. The van der Waals surface area contributed by atoms with E-state index >= 15 is 0 Å². The molecule has 2 heterocycles. The van der Waals surface area contributed by atoms with Gasteiger partial charge in [-0.1, -0.05) is 23.7 Å². The van der Waals surface area contributed by atoms with Crippen LogP contribution in [-0.2, 0) is 21.2 Å². The SMILES string of the molecule is CCS(=O)(=O)Nc1cccc(CC(=O)N2CCN(c3ccc(Cl)nn3)CC2)c1. The molecule has 3 rings (SSSR count). The van der Waals surface area contributed by atoms with Crippen molar-refractivity contribution in [3.8, 4) is 0 Å². The van der Waals surface area contributed by atoms with Gasteiger partial charge in [0.15, 0.2) is 11.0 Å². The fourth-order valence-corrected chi connectivity index (χ4v) is 3.68. The Bertz CT molecular complexity index is 928. The molecule has 0 atom stereocenters. The minimum absolute atomic E-state index is 0.00155. The number of piperazine rings is 1. The molecule has 1 fully saturated rings. The second-order valence-corrected chi connectivity index (χ2v) is 8.86. The predicted octanol–water partition coefficient (Wildman–Crippen LogP) is 1.78. The van der Waals surface area contributed by atoms with Crippen molar-refractivity contribution < 1.29 is 13.2 Å². The van der Waals surface area contributed by atoms with Crippen molar-refractivity contribution in [3.05, 3.63) is 47.1 Å². The number of aromatic nitrogens is 2. The summed E-state index contributed by atoms with van der Waals surface area (Å²) >= 11 is 5.76. The maximum atomic E-state index is 12.6. The topological polar surface area (TPSA) is 95.5 Å². The summed E-state index contributed by atoms with van der Waals surface area (Å²) in [6.45, 7) is 4.08. The lowest BCUT2D eigenvalue weighted by molar-refractivity contribution is -0.130. The highest BCUT2D eigenvalue weighted by Crippen LogP contribution is 2.17. The number of carbonyl (C=O) groups is 1. The molecule has 1 aromatic carbocycles. The van der Waals surface area contributed by atoms with Gasteiger partial charge in [-0.3, -0.25) is 9.52 Å². The molecular weight excluding hydrogens is 402 g/mol. The molecule has 1 saturated heterocycles. The zero-order valence-corrected chi connectivity index (χ0v) is 17.1. The number of anilines is 2. The highest BCUT2D eigenvalue weighted by atomic mass is 35.5. The summed E-state index contributed by atoms with van der Waals surface area (Å²) < 4.78 is 25.9. The number of amides is 1. The molecule has 150 valence electrons. The first-order chi connectivity index (χ1) is 13.4. The third kappa shape index (κ3) is 5.32. The molecule has 0 radical (unpaired) electrons. The molecule has 8 nitrogen and oxygen atoms in total. The molecule has 1 aliphatic heterocycles. The van der Waals surface area contributed by atoms with Crippen LogP contribution >= 0.6 is 11.6 Å². The summed E-state index contributed by atoms with van der Waals surface area (Å²) in [5, 5.41) is 8.27. The standard InChI is InChI=1S/C18H22ClN5O3S/c1-2-28(26,27)22-15-5-3-4-14(12-15)13-18(25)24-10-8-23(9-11-24)17-7-6-16(19)20-21-17/h3-7,12,22H,2,8-11,13H2,1H3. The largest absolute Gasteiger partial charge is 0.352 e. The third-order valence-electron chi connectivity index (χ3n) is 4.51. The third-order valence-corrected chi connectivity index (χ3v) is 6.02. The van der Waals surface area contributed by atoms with Gasteiger partial charge >= 0.3 is 0 Å². The molecule has 0 aliphatic carbocycles. The van der Waals surface area contributed by atoms with E-state index in [1.165, 1.54) is 0 Å². The molecule has 1 aromatic heterocycles. The Kier molecular flexibility index (Phi) is 6.35. The van der Waals surface area contributed by atoms with E-state index in [0.29, 0.717) is 37.0 Å². The fraction of sp³-hybridized carbons (Fsp3) is 0.389. The van der Waals surface area contributed by atoms with Crippen molar-refractivity contribution in [3.63, 3.8) is 0 Å². The normalized spacial score (nSPS) is 14.8. The summed E-state index contributed by atoms with van der Waals surface area (Å²) in [7, 11) is -3.34. The van der Waals surface area contributed by atoms with Crippen molar-refractivity contribution in [2.75, 3.05) is 41.6 Å². The molecule has 1 amide bonds. The summed E-state index contributed by atoms with van der Waals surface area (Å²) in [4.78, 5) is 16.5. The van der Waals surface area contributed by atoms with Crippen molar-refractivity contribution in [2.24, 2.45) is 0 Å².